The van der Waals surface area contributed by atoms with Gasteiger partial charge in [-0.25, -0.2) is 0 Å². The van der Waals surface area contributed by atoms with Crippen molar-refractivity contribution in [3.63, 3.8) is 0 Å². The maximum absolute atomic E-state index is 5.68. The van der Waals surface area contributed by atoms with Gasteiger partial charge in [-0.15, -0.1) is 0 Å². The van der Waals surface area contributed by atoms with Crippen molar-refractivity contribution in [3.8, 4) is 5.75 Å². The number of ether oxygens (including phenoxy) is 1. The standard InChI is InChI=1S/C13H18BrNO/c1-3-5-8-16-13-7-6-12(14)9-11(13)10-15-4-2/h3,5-7,9,15H,4,8,10H2,1-2H3. The summed E-state index contributed by atoms with van der Waals surface area (Å²) in [6, 6.07) is 6.09. The van der Waals surface area contributed by atoms with E-state index in [1.54, 1.807) is 0 Å². The summed E-state index contributed by atoms with van der Waals surface area (Å²) in [5.41, 5.74) is 1.18. The van der Waals surface area contributed by atoms with Crippen LogP contribution < -0.4 is 10.1 Å². The third-order valence-electron chi connectivity index (χ3n) is 2.16. The molecule has 0 unspecified atom stereocenters. The molecule has 0 saturated carbocycles. The van der Waals surface area contributed by atoms with Crippen molar-refractivity contribution in [3.05, 3.63) is 40.4 Å². The summed E-state index contributed by atoms with van der Waals surface area (Å²) in [4.78, 5) is 0. The number of benzene rings is 1. The van der Waals surface area contributed by atoms with Crippen LogP contribution in [0, 0.1) is 0 Å². The Kier molecular flexibility index (Phi) is 6.19. The van der Waals surface area contributed by atoms with E-state index in [9.17, 15) is 0 Å². The fourth-order valence-corrected chi connectivity index (χ4v) is 1.73. The van der Waals surface area contributed by atoms with E-state index in [0.29, 0.717) is 6.61 Å². The van der Waals surface area contributed by atoms with Crippen LogP contribution in [0.15, 0.2) is 34.8 Å². The largest absolute Gasteiger partial charge is 0.489 e. The predicted molar refractivity (Wildman–Crippen MR) is 71.8 cm³/mol. The lowest BCUT2D eigenvalue weighted by atomic mass is 10.2. The molecule has 0 fully saturated rings. The number of allylic oxidation sites excluding steroid dienone is 1. The number of hydrogen-bond donors (Lipinski definition) is 1. The van der Waals surface area contributed by atoms with Crippen molar-refractivity contribution >= 4 is 15.9 Å². The number of hydrogen-bond acceptors (Lipinski definition) is 2. The second kappa shape index (κ2) is 7.47. The minimum atomic E-state index is 0.622. The van der Waals surface area contributed by atoms with Crippen molar-refractivity contribution in [2.75, 3.05) is 13.2 Å². The Morgan fingerprint density at radius 2 is 2.25 bits per heavy atom. The average molecular weight is 284 g/mol. The van der Waals surface area contributed by atoms with Crippen LogP contribution in [0.3, 0.4) is 0 Å². The van der Waals surface area contributed by atoms with E-state index in [1.165, 1.54) is 5.56 Å². The lowest BCUT2D eigenvalue weighted by Gasteiger charge is -2.11. The molecule has 3 heteroatoms. The highest BCUT2D eigenvalue weighted by atomic mass is 79.9. The zero-order valence-electron chi connectivity index (χ0n) is 9.79. The molecule has 1 aromatic carbocycles. The monoisotopic (exact) mass is 283 g/mol. The van der Waals surface area contributed by atoms with Crippen LogP contribution in [0.2, 0.25) is 0 Å². The van der Waals surface area contributed by atoms with Crippen LogP contribution >= 0.6 is 15.9 Å². The average Bonchev–Trinajstić information content (AvgIpc) is 2.29. The molecular formula is C13H18BrNO. The fraction of sp³-hybridized carbons (Fsp3) is 0.385. The highest BCUT2D eigenvalue weighted by molar-refractivity contribution is 9.10. The van der Waals surface area contributed by atoms with Crippen LogP contribution in [0.5, 0.6) is 5.75 Å². The molecule has 2 nitrogen and oxygen atoms in total. The van der Waals surface area contributed by atoms with Gasteiger partial charge < -0.3 is 10.1 Å². The molecule has 1 rings (SSSR count). The molecule has 0 atom stereocenters. The van der Waals surface area contributed by atoms with E-state index < -0.39 is 0 Å². The minimum Gasteiger partial charge on any atom is -0.489 e. The molecule has 1 N–H and O–H groups in total. The van der Waals surface area contributed by atoms with Crippen molar-refractivity contribution in [2.24, 2.45) is 0 Å². The highest BCUT2D eigenvalue weighted by Crippen LogP contribution is 2.23. The first-order valence-electron chi connectivity index (χ1n) is 5.51. The van der Waals surface area contributed by atoms with E-state index in [1.807, 2.05) is 31.2 Å². The molecular weight excluding hydrogens is 266 g/mol. The Morgan fingerprint density at radius 3 is 2.94 bits per heavy atom. The van der Waals surface area contributed by atoms with Gasteiger partial charge in [0.05, 0.1) is 0 Å². The normalized spacial score (nSPS) is 10.9. The zero-order valence-corrected chi connectivity index (χ0v) is 11.4. The first-order valence-corrected chi connectivity index (χ1v) is 6.30. The summed E-state index contributed by atoms with van der Waals surface area (Å²) in [5.74, 6) is 0.947. The molecule has 0 aliphatic rings. The molecule has 0 aromatic heterocycles. The van der Waals surface area contributed by atoms with Gasteiger partial charge in [-0.1, -0.05) is 35.0 Å². The van der Waals surface area contributed by atoms with Gasteiger partial charge in [-0.05, 0) is 31.7 Å². The summed E-state index contributed by atoms with van der Waals surface area (Å²) < 4.78 is 6.76. The molecule has 1 aromatic rings. The van der Waals surface area contributed by atoms with Crippen molar-refractivity contribution in [1.29, 1.82) is 0 Å². The molecule has 16 heavy (non-hydrogen) atoms. The summed E-state index contributed by atoms with van der Waals surface area (Å²) in [7, 11) is 0. The van der Waals surface area contributed by atoms with Crippen LogP contribution in [-0.2, 0) is 6.54 Å². The van der Waals surface area contributed by atoms with E-state index in [0.717, 1.165) is 23.3 Å². The zero-order chi connectivity index (χ0) is 11.8. The smallest absolute Gasteiger partial charge is 0.124 e. The highest BCUT2D eigenvalue weighted by Gasteiger charge is 2.03. The Balaban J connectivity index is 2.72. The second-order valence-corrected chi connectivity index (χ2v) is 4.33. The number of rotatable bonds is 6. The van der Waals surface area contributed by atoms with Crippen LogP contribution in [0.1, 0.15) is 19.4 Å². The van der Waals surface area contributed by atoms with Crippen molar-refractivity contribution < 1.29 is 4.74 Å². The number of halogens is 1. The summed E-state index contributed by atoms with van der Waals surface area (Å²) in [5, 5.41) is 3.30. The fourth-order valence-electron chi connectivity index (χ4n) is 1.32. The Morgan fingerprint density at radius 1 is 1.44 bits per heavy atom. The van der Waals surface area contributed by atoms with Gasteiger partial charge in [-0.2, -0.15) is 0 Å². The van der Waals surface area contributed by atoms with Gasteiger partial charge in [-0.3, -0.25) is 0 Å². The summed E-state index contributed by atoms with van der Waals surface area (Å²) in [6.45, 7) is 6.50. The topological polar surface area (TPSA) is 21.3 Å². The van der Waals surface area contributed by atoms with E-state index in [4.69, 9.17) is 4.74 Å². The van der Waals surface area contributed by atoms with Crippen molar-refractivity contribution in [2.45, 2.75) is 20.4 Å². The van der Waals surface area contributed by atoms with Crippen LogP contribution in [-0.4, -0.2) is 13.2 Å². The molecule has 0 heterocycles. The third-order valence-corrected chi connectivity index (χ3v) is 2.65. The van der Waals surface area contributed by atoms with Gasteiger partial charge in [0, 0.05) is 16.6 Å². The third kappa shape index (κ3) is 4.37. The van der Waals surface area contributed by atoms with Crippen LogP contribution in [0.4, 0.5) is 0 Å². The molecule has 0 saturated heterocycles. The second-order valence-electron chi connectivity index (χ2n) is 3.41. The molecule has 0 bridgehead atoms. The number of nitrogens with one attached hydrogen (secondary N) is 1. The molecule has 0 amide bonds. The van der Waals surface area contributed by atoms with E-state index >= 15 is 0 Å². The van der Waals surface area contributed by atoms with Gasteiger partial charge >= 0.3 is 0 Å². The van der Waals surface area contributed by atoms with Gasteiger partial charge in [0.2, 0.25) is 0 Å². The van der Waals surface area contributed by atoms with E-state index in [2.05, 4.69) is 34.2 Å². The first kappa shape index (κ1) is 13.3. The predicted octanol–water partition coefficient (Wildman–Crippen LogP) is 3.51. The quantitative estimate of drug-likeness (QED) is 0.807. The molecule has 0 aliphatic heterocycles. The molecule has 0 spiro atoms. The molecule has 88 valence electrons. The van der Waals surface area contributed by atoms with Gasteiger partial charge in [0.25, 0.3) is 0 Å². The SMILES string of the molecule is CC=CCOc1ccc(Br)cc1CNCC. The maximum Gasteiger partial charge on any atom is 0.124 e. The Bertz CT molecular complexity index is 350. The molecule has 0 radical (unpaired) electrons. The Labute approximate surface area is 106 Å². The maximum atomic E-state index is 5.68. The van der Waals surface area contributed by atoms with Gasteiger partial charge in [0.15, 0.2) is 0 Å². The minimum absolute atomic E-state index is 0.622. The Hall–Kier alpha value is -0.800. The lowest BCUT2D eigenvalue weighted by Crippen LogP contribution is -2.13. The summed E-state index contributed by atoms with van der Waals surface area (Å²) in [6.07, 6.45) is 3.99. The summed E-state index contributed by atoms with van der Waals surface area (Å²) >= 11 is 3.47. The first-order chi connectivity index (χ1) is 7.77. The van der Waals surface area contributed by atoms with Crippen LogP contribution in [0.25, 0.3) is 0 Å². The van der Waals surface area contributed by atoms with Crippen molar-refractivity contribution in [1.82, 2.24) is 5.32 Å². The van der Waals surface area contributed by atoms with Gasteiger partial charge in [0.1, 0.15) is 12.4 Å². The van der Waals surface area contributed by atoms with E-state index in [-0.39, 0.29) is 0 Å². The molecule has 0 aliphatic carbocycles. The lowest BCUT2D eigenvalue weighted by molar-refractivity contribution is 0.357.